The van der Waals surface area contributed by atoms with Crippen LogP contribution in [0.5, 0.6) is 0 Å². The molecule has 8 nitrogen and oxygen atoms in total. The molecule has 0 aromatic heterocycles. The number of phosphoric acid groups is 1. The summed E-state index contributed by atoms with van der Waals surface area (Å²) >= 11 is 0. The van der Waals surface area contributed by atoms with Crippen molar-refractivity contribution in [2.45, 2.75) is 296 Å². The first-order valence-corrected chi connectivity index (χ1v) is 34.1. The Morgan fingerprint density at radius 3 is 1.10 bits per heavy atom. The van der Waals surface area contributed by atoms with Crippen molar-refractivity contribution in [3.05, 3.63) is 97.2 Å². The first kappa shape index (κ1) is 75.4. The number of nitrogens with zero attached hydrogens (tertiary/aromatic N) is 1. The third-order valence-corrected chi connectivity index (χ3v) is 15.3. The van der Waals surface area contributed by atoms with E-state index in [-0.39, 0.29) is 19.1 Å². The summed E-state index contributed by atoms with van der Waals surface area (Å²) in [5.41, 5.74) is 0. The lowest BCUT2D eigenvalue weighted by molar-refractivity contribution is -0.870. The molecule has 0 aromatic rings. The number of amides is 1. The molecule has 3 unspecified atom stereocenters. The first-order valence-electron chi connectivity index (χ1n) is 32.6. The lowest BCUT2D eigenvalue weighted by Gasteiger charge is -2.26. The van der Waals surface area contributed by atoms with E-state index in [1.807, 2.05) is 21.1 Å². The standard InChI is InChI=1S/C69H125N2O6P/c1-6-8-10-12-14-16-18-20-22-24-26-28-30-32-34-35-37-38-40-42-44-46-48-50-52-54-56-58-60-62-68(72)67(66-77-78(74,75)76-65-64-71(3,4)5)70-69(73)63-61-59-57-55-53-51-49-47-45-43-41-39-36-33-31-29-27-25-23-21-19-17-15-13-11-9-7-2/h9,11,15,17,21,23,27,29,33,36,41,43,47,49,53,55,67-68,72H,6-8,10,12-14,16,18-20,22,24-26,28,30-32,34-35,37-40,42,44-46,48,50-52,54,56-66H2,1-5H3,(H-,70,73,74,75)/p+1/b11-9-,17-15-,23-21-,29-27-,36-33-,43-41-,49-47-,55-53-. The molecule has 0 aliphatic rings. The van der Waals surface area contributed by atoms with E-state index in [1.54, 1.807) is 0 Å². The van der Waals surface area contributed by atoms with Crippen LogP contribution in [0.1, 0.15) is 284 Å². The molecule has 0 aliphatic carbocycles. The van der Waals surface area contributed by atoms with E-state index in [2.05, 4.69) is 116 Å². The van der Waals surface area contributed by atoms with Crippen LogP contribution in [0.4, 0.5) is 0 Å². The minimum atomic E-state index is -4.35. The van der Waals surface area contributed by atoms with E-state index in [1.165, 1.54) is 167 Å². The van der Waals surface area contributed by atoms with Crippen molar-refractivity contribution in [2.24, 2.45) is 0 Å². The molecule has 0 heterocycles. The molecule has 3 atom stereocenters. The Hall–Kier alpha value is -2.58. The number of aliphatic hydroxyl groups excluding tert-OH is 1. The largest absolute Gasteiger partial charge is 0.472 e. The highest BCUT2D eigenvalue weighted by Gasteiger charge is 2.28. The van der Waals surface area contributed by atoms with Crippen LogP contribution in [0.25, 0.3) is 0 Å². The number of nitrogens with one attached hydrogen (secondary N) is 1. The van der Waals surface area contributed by atoms with Gasteiger partial charge in [0, 0.05) is 6.42 Å². The molecular weight excluding hydrogens is 984 g/mol. The SMILES string of the molecule is CC/C=C\C/C=C\C/C=C\C/C=C\C/C=C\C/C=C\C/C=C\C/C=C\CCCCC(=O)NC(COP(=O)(O)OCC[N+](C)(C)C)C(O)CCCCCCCCCCCCCCCCCCCCCCCCCCCCCCC. The van der Waals surface area contributed by atoms with Gasteiger partial charge in [-0.05, 0) is 77.0 Å². The van der Waals surface area contributed by atoms with Gasteiger partial charge >= 0.3 is 7.82 Å². The van der Waals surface area contributed by atoms with Crippen LogP contribution in [0, 0.1) is 0 Å². The van der Waals surface area contributed by atoms with Gasteiger partial charge in [-0.15, -0.1) is 0 Å². The Bertz CT molecular complexity index is 1590. The van der Waals surface area contributed by atoms with E-state index in [0.717, 1.165) is 83.5 Å². The molecule has 3 N–H and O–H groups in total. The summed E-state index contributed by atoms with van der Waals surface area (Å²) in [6.45, 7) is 4.76. The van der Waals surface area contributed by atoms with E-state index >= 15 is 0 Å². The minimum absolute atomic E-state index is 0.0611. The highest BCUT2D eigenvalue weighted by atomic mass is 31.2. The van der Waals surface area contributed by atoms with Crippen molar-refractivity contribution in [2.75, 3.05) is 40.9 Å². The fourth-order valence-corrected chi connectivity index (χ4v) is 10.0. The average molecular weight is 1110 g/mol. The molecule has 0 saturated heterocycles. The van der Waals surface area contributed by atoms with Crippen LogP contribution in [-0.2, 0) is 18.4 Å². The number of likely N-dealkylation sites (N-methyl/N-ethyl adjacent to an activating group) is 1. The third kappa shape index (κ3) is 61.0. The molecule has 0 saturated carbocycles. The Morgan fingerprint density at radius 1 is 0.449 bits per heavy atom. The van der Waals surface area contributed by atoms with Crippen molar-refractivity contribution in [1.29, 1.82) is 0 Å². The van der Waals surface area contributed by atoms with Gasteiger partial charge in [0.05, 0.1) is 39.9 Å². The maximum Gasteiger partial charge on any atom is 0.472 e. The second-order valence-electron chi connectivity index (χ2n) is 23.1. The second kappa shape index (κ2) is 59.1. The van der Waals surface area contributed by atoms with Gasteiger partial charge in [0.1, 0.15) is 13.2 Å². The van der Waals surface area contributed by atoms with Gasteiger partial charge in [-0.2, -0.15) is 0 Å². The van der Waals surface area contributed by atoms with Crippen LogP contribution in [0.3, 0.4) is 0 Å². The number of hydrogen-bond acceptors (Lipinski definition) is 5. The number of unbranched alkanes of at least 4 members (excludes halogenated alkanes) is 30. The fraction of sp³-hybridized carbons (Fsp3) is 0.754. The normalized spacial score (nSPS) is 14.4. The van der Waals surface area contributed by atoms with Crippen LogP contribution in [0.2, 0.25) is 0 Å². The molecule has 0 fully saturated rings. The second-order valence-corrected chi connectivity index (χ2v) is 24.6. The zero-order chi connectivity index (χ0) is 57.0. The summed E-state index contributed by atoms with van der Waals surface area (Å²) in [7, 11) is 1.58. The Balaban J connectivity index is 4.19. The van der Waals surface area contributed by atoms with Crippen molar-refractivity contribution in [3.63, 3.8) is 0 Å². The molecule has 78 heavy (non-hydrogen) atoms. The van der Waals surface area contributed by atoms with Crippen LogP contribution >= 0.6 is 7.82 Å². The number of carbonyl (C=O) groups excluding carboxylic acids is 1. The van der Waals surface area contributed by atoms with E-state index in [0.29, 0.717) is 30.3 Å². The highest BCUT2D eigenvalue weighted by Crippen LogP contribution is 2.43. The van der Waals surface area contributed by atoms with Gasteiger partial charge in [-0.1, -0.05) is 297 Å². The van der Waals surface area contributed by atoms with Gasteiger partial charge in [0.2, 0.25) is 5.91 Å². The third-order valence-electron chi connectivity index (χ3n) is 14.3. The average Bonchev–Trinajstić information content (AvgIpc) is 3.41. The molecule has 9 heteroatoms. The Morgan fingerprint density at radius 2 is 0.769 bits per heavy atom. The maximum atomic E-state index is 13.0. The molecule has 0 aliphatic heterocycles. The molecule has 0 radical (unpaired) electrons. The quantitative estimate of drug-likeness (QED) is 0.0243. The Kier molecular flexibility index (Phi) is 57.1. The van der Waals surface area contributed by atoms with Gasteiger partial charge in [0.25, 0.3) is 0 Å². The molecule has 0 spiro atoms. The highest BCUT2D eigenvalue weighted by molar-refractivity contribution is 7.47. The Labute approximate surface area is 483 Å². The number of rotatable bonds is 59. The lowest BCUT2D eigenvalue weighted by Crippen LogP contribution is -2.46. The van der Waals surface area contributed by atoms with E-state index < -0.39 is 20.0 Å². The zero-order valence-corrected chi connectivity index (χ0v) is 52.5. The topological polar surface area (TPSA) is 105 Å². The van der Waals surface area contributed by atoms with Crippen molar-refractivity contribution in [1.82, 2.24) is 5.32 Å². The van der Waals surface area contributed by atoms with Crippen LogP contribution in [-0.4, -0.2) is 73.4 Å². The van der Waals surface area contributed by atoms with E-state index in [4.69, 9.17) is 9.05 Å². The summed E-state index contributed by atoms with van der Waals surface area (Å²) in [5, 5.41) is 14.1. The molecule has 0 aromatic carbocycles. The number of hydrogen-bond donors (Lipinski definition) is 3. The number of phosphoric ester groups is 1. The van der Waals surface area contributed by atoms with Gasteiger partial charge in [0.15, 0.2) is 0 Å². The molecule has 452 valence electrons. The van der Waals surface area contributed by atoms with Gasteiger partial charge < -0.3 is 19.8 Å². The van der Waals surface area contributed by atoms with Crippen molar-refractivity contribution in [3.8, 4) is 0 Å². The first-order chi connectivity index (χ1) is 38.0. The number of aliphatic hydroxyl groups is 1. The number of allylic oxidation sites excluding steroid dienone is 16. The predicted octanol–water partition coefficient (Wildman–Crippen LogP) is 20.5. The molecule has 1 amide bonds. The minimum Gasteiger partial charge on any atom is -0.391 e. The predicted molar refractivity (Wildman–Crippen MR) is 341 cm³/mol. The fourth-order valence-electron chi connectivity index (χ4n) is 9.30. The van der Waals surface area contributed by atoms with Gasteiger partial charge in [-0.3, -0.25) is 13.8 Å². The van der Waals surface area contributed by atoms with Crippen molar-refractivity contribution < 1.29 is 32.9 Å². The van der Waals surface area contributed by atoms with Gasteiger partial charge in [-0.25, -0.2) is 4.57 Å². The summed E-state index contributed by atoms with van der Waals surface area (Å²) in [6.07, 6.45) is 85.0. The van der Waals surface area contributed by atoms with Crippen molar-refractivity contribution >= 4 is 13.7 Å². The summed E-state index contributed by atoms with van der Waals surface area (Å²) in [6, 6.07) is -0.793. The van der Waals surface area contributed by atoms with Crippen LogP contribution < -0.4 is 5.32 Å². The maximum absolute atomic E-state index is 13.0. The van der Waals surface area contributed by atoms with E-state index in [9.17, 15) is 19.4 Å². The summed E-state index contributed by atoms with van der Waals surface area (Å²) in [5.74, 6) is -0.187. The molecular formula is C69H126N2O6P+. The summed E-state index contributed by atoms with van der Waals surface area (Å²) in [4.78, 5) is 23.4. The number of carbonyl (C=O) groups is 1. The smallest absolute Gasteiger partial charge is 0.391 e. The summed E-state index contributed by atoms with van der Waals surface area (Å²) < 4.78 is 23.8. The number of quaternary nitrogens is 1. The molecule has 0 rings (SSSR count). The monoisotopic (exact) mass is 1110 g/mol. The lowest BCUT2D eigenvalue weighted by atomic mass is 10.0. The zero-order valence-electron chi connectivity index (χ0n) is 51.6. The van der Waals surface area contributed by atoms with Crippen LogP contribution in [0.15, 0.2) is 97.2 Å². The molecule has 0 bridgehead atoms.